The predicted molar refractivity (Wildman–Crippen MR) is 76.4 cm³/mol. The molecule has 0 radical (unpaired) electrons. The molecule has 2 heteroatoms. The lowest BCUT2D eigenvalue weighted by Gasteiger charge is -2.36. The number of methoxy groups -OCH3 is 1. The fourth-order valence-electron chi connectivity index (χ4n) is 2.37. The minimum Gasteiger partial charge on any atom is -0.385 e. The SMILES string of the molecule is CCCC(C)(CNCC(C)C)C(C)CCOC. The van der Waals surface area contributed by atoms with Gasteiger partial charge >= 0.3 is 0 Å². The first-order chi connectivity index (χ1) is 7.96. The topological polar surface area (TPSA) is 21.3 Å². The van der Waals surface area contributed by atoms with Gasteiger partial charge in [0.05, 0.1) is 0 Å². The van der Waals surface area contributed by atoms with E-state index in [-0.39, 0.29) is 0 Å². The molecule has 0 spiro atoms. The van der Waals surface area contributed by atoms with Crippen LogP contribution in [-0.4, -0.2) is 26.8 Å². The van der Waals surface area contributed by atoms with Crippen LogP contribution in [0.3, 0.4) is 0 Å². The highest BCUT2D eigenvalue weighted by Gasteiger charge is 2.29. The molecule has 17 heavy (non-hydrogen) atoms. The lowest BCUT2D eigenvalue weighted by molar-refractivity contribution is 0.115. The van der Waals surface area contributed by atoms with Gasteiger partial charge in [0.25, 0.3) is 0 Å². The van der Waals surface area contributed by atoms with Crippen LogP contribution in [0.15, 0.2) is 0 Å². The van der Waals surface area contributed by atoms with Crippen LogP contribution in [0.2, 0.25) is 0 Å². The molecule has 0 bridgehead atoms. The van der Waals surface area contributed by atoms with Gasteiger partial charge in [-0.3, -0.25) is 0 Å². The Morgan fingerprint density at radius 1 is 1.24 bits per heavy atom. The Labute approximate surface area is 109 Å². The van der Waals surface area contributed by atoms with Gasteiger partial charge in [0, 0.05) is 20.3 Å². The molecular formula is C15H33NO. The normalized spacial score (nSPS) is 17.1. The molecule has 0 aliphatic rings. The monoisotopic (exact) mass is 243 g/mol. The number of nitrogens with one attached hydrogen (secondary N) is 1. The van der Waals surface area contributed by atoms with E-state index in [9.17, 15) is 0 Å². The summed E-state index contributed by atoms with van der Waals surface area (Å²) >= 11 is 0. The van der Waals surface area contributed by atoms with E-state index < -0.39 is 0 Å². The first-order valence-corrected chi connectivity index (χ1v) is 7.16. The van der Waals surface area contributed by atoms with E-state index in [2.05, 4.69) is 39.9 Å². The molecule has 0 aromatic carbocycles. The number of hydrogen-bond acceptors (Lipinski definition) is 2. The number of ether oxygens (including phenoxy) is 1. The van der Waals surface area contributed by atoms with Crippen LogP contribution < -0.4 is 5.32 Å². The summed E-state index contributed by atoms with van der Waals surface area (Å²) in [7, 11) is 1.79. The second-order valence-electron chi connectivity index (χ2n) is 6.11. The Morgan fingerprint density at radius 2 is 1.88 bits per heavy atom. The average Bonchev–Trinajstić information content (AvgIpc) is 2.25. The molecule has 0 rings (SSSR count). The maximum atomic E-state index is 5.21. The van der Waals surface area contributed by atoms with Gasteiger partial charge in [-0.05, 0) is 36.6 Å². The lowest BCUT2D eigenvalue weighted by atomic mass is 9.73. The standard InChI is InChI=1S/C15H33NO/c1-7-9-15(5,12-16-11-13(2)3)14(4)8-10-17-6/h13-14,16H,7-12H2,1-6H3. The number of hydrogen-bond donors (Lipinski definition) is 1. The van der Waals surface area contributed by atoms with Gasteiger partial charge in [-0.25, -0.2) is 0 Å². The second-order valence-corrected chi connectivity index (χ2v) is 6.11. The molecule has 0 aliphatic heterocycles. The summed E-state index contributed by atoms with van der Waals surface area (Å²) in [6.45, 7) is 14.7. The van der Waals surface area contributed by atoms with Crippen molar-refractivity contribution in [2.45, 2.75) is 53.9 Å². The highest BCUT2D eigenvalue weighted by molar-refractivity contribution is 4.82. The van der Waals surface area contributed by atoms with E-state index in [4.69, 9.17) is 4.74 Å². The molecule has 0 saturated carbocycles. The highest BCUT2D eigenvalue weighted by Crippen LogP contribution is 2.34. The molecule has 0 saturated heterocycles. The van der Waals surface area contributed by atoms with E-state index in [1.165, 1.54) is 12.8 Å². The van der Waals surface area contributed by atoms with Crippen molar-refractivity contribution in [2.75, 3.05) is 26.8 Å². The van der Waals surface area contributed by atoms with E-state index in [1.54, 1.807) is 7.11 Å². The van der Waals surface area contributed by atoms with Crippen molar-refractivity contribution in [3.63, 3.8) is 0 Å². The Hall–Kier alpha value is -0.0800. The fraction of sp³-hybridized carbons (Fsp3) is 1.00. The quantitative estimate of drug-likeness (QED) is 0.631. The van der Waals surface area contributed by atoms with E-state index in [0.717, 1.165) is 32.0 Å². The van der Waals surface area contributed by atoms with Crippen LogP contribution in [0.25, 0.3) is 0 Å². The van der Waals surface area contributed by atoms with Crippen LogP contribution in [0.5, 0.6) is 0 Å². The number of rotatable bonds is 10. The summed E-state index contributed by atoms with van der Waals surface area (Å²) in [5.74, 6) is 1.44. The third kappa shape index (κ3) is 7.05. The molecule has 0 amide bonds. The Balaban J connectivity index is 4.22. The molecule has 2 nitrogen and oxygen atoms in total. The maximum Gasteiger partial charge on any atom is 0.0465 e. The zero-order valence-electron chi connectivity index (χ0n) is 12.8. The van der Waals surface area contributed by atoms with Gasteiger partial charge in [-0.1, -0.05) is 41.0 Å². The van der Waals surface area contributed by atoms with Crippen molar-refractivity contribution in [1.82, 2.24) is 5.32 Å². The molecule has 0 aliphatic carbocycles. The van der Waals surface area contributed by atoms with Crippen molar-refractivity contribution < 1.29 is 4.74 Å². The van der Waals surface area contributed by atoms with Crippen molar-refractivity contribution in [2.24, 2.45) is 17.3 Å². The molecule has 1 N–H and O–H groups in total. The smallest absolute Gasteiger partial charge is 0.0465 e. The molecule has 2 unspecified atom stereocenters. The summed E-state index contributed by atoms with van der Waals surface area (Å²) in [4.78, 5) is 0. The molecule has 0 aromatic rings. The maximum absolute atomic E-state index is 5.21. The summed E-state index contributed by atoms with van der Waals surface area (Å²) in [5, 5.41) is 3.63. The fourth-order valence-corrected chi connectivity index (χ4v) is 2.37. The summed E-state index contributed by atoms with van der Waals surface area (Å²) in [6.07, 6.45) is 3.72. The molecule has 0 fully saturated rings. The van der Waals surface area contributed by atoms with Gasteiger partial charge < -0.3 is 10.1 Å². The zero-order chi connectivity index (χ0) is 13.3. The van der Waals surface area contributed by atoms with Crippen LogP contribution in [0.4, 0.5) is 0 Å². The largest absolute Gasteiger partial charge is 0.385 e. The Bertz CT molecular complexity index is 182. The van der Waals surface area contributed by atoms with Crippen molar-refractivity contribution in [3.05, 3.63) is 0 Å². The molecule has 0 heterocycles. The Kier molecular flexibility index (Phi) is 8.89. The molecular weight excluding hydrogens is 210 g/mol. The van der Waals surface area contributed by atoms with Gasteiger partial charge in [-0.15, -0.1) is 0 Å². The summed E-state index contributed by atoms with van der Waals surface area (Å²) in [5.41, 5.74) is 0.405. The predicted octanol–water partition coefficient (Wildman–Crippen LogP) is 3.71. The minimum atomic E-state index is 0.405. The van der Waals surface area contributed by atoms with Crippen molar-refractivity contribution in [3.8, 4) is 0 Å². The van der Waals surface area contributed by atoms with Crippen molar-refractivity contribution >= 4 is 0 Å². The molecule has 0 aromatic heterocycles. The van der Waals surface area contributed by atoms with Crippen LogP contribution in [0.1, 0.15) is 53.9 Å². The van der Waals surface area contributed by atoms with Gasteiger partial charge in [-0.2, -0.15) is 0 Å². The first kappa shape index (κ1) is 16.9. The highest BCUT2D eigenvalue weighted by atomic mass is 16.5. The van der Waals surface area contributed by atoms with Gasteiger partial charge in [0.1, 0.15) is 0 Å². The third-order valence-corrected chi connectivity index (χ3v) is 3.85. The van der Waals surface area contributed by atoms with Crippen LogP contribution >= 0.6 is 0 Å². The van der Waals surface area contributed by atoms with Gasteiger partial charge in [0.2, 0.25) is 0 Å². The summed E-state index contributed by atoms with van der Waals surface area (Å²) in [6, 6.07) is 0. The average molecular weight is 243 g/mol. The zero-order valence-corrected chi connectivity index (χ0v) is 12.8. The minimum absolute atomic E-state index is 0.405. The lowest BCUT2D eigenvalue weighted by Crippen LogP contribution is -2.38. The molecule has 104 valence electrons. The van der Waals surface area contributed by atoms with E-state index in [0.29, 0.717) is 11.3 Å². The van der Waals surface area contributed by atoms with E-state index in [1.807, 2.05) is 0 Å². The molecule has 2 atom stereocenters. The van der Waals surface area contributed by atoms with E-state index >= 15 is 0 Å². The van der Waals surface area contributed by atoms with Crippen LogP contribution in [-0.2, 0) is 4.74 Å². The Morgan fingerprint density at radius 3 is 2.35 bits per heavy atom. The van der Waals surface area contributed by atoms with Crippen molar-refractivity contribution in [1.29, 1.82) is 0 Å². The third-order valence-electron chi connectivity index (χ3n) is 3.85. The summed E-state index contributed by atoms with van der Waals surface area (Å²) < 4.78 is 5.21. The van der Waals surface area contributed by atoms with Crippen LogP contribution in [0, 0.1) is 17.3 Å². The van der Waals surface area contributed by atoms with Gasteiger partial charge in [0.15, 0.2) is 0 Å². The first-order valence-electron chi connectivity index (χ1n) is 7.16. The second kappa shape index (κ2) is 8.93.